The number of rotatable bonds is 3. The van der Waals surface area contributed by atoms with E-state index in [1.165, 1.54) is 30.6 Å². The van der Waals surface area contributed by atoms with Crippen LogP contribution in [0.15, 0.2) is 30.3 Å². The van der Waals surface area contributed by atoms with Crippen LogP contribution in [0, 0.1) is 6.92 Å². The number of thiazole rings is 1. The van der Waals surface area contributed by atoms with Gasteiger partial charge in [-0.05, 0) is 44.7 Å². The van der Waals surface area contributed by atoms with E-state index in [0.29, 0.717) is 21.5 Å². The van der Waals surface area contributed by atoms with E-state index in [1.54, 1.807) is 22.9 Å². The van der Waals surface area contributed by atoms with Gasteiger partial charge in [-0.15, -0.1) is 11.3 Å². The number of nitrogens with zero attached hydrogens (tertiary/aromatic N) is 3. The van der Waals surface area contributed by atoms with Gasteiger partial charge in [0.2, 0.25) is 0 Å². The molecular formula is C20H21ClN4OS. The van der Waals surface area contributed by atoms with Crippen LogP contribution in [0.4, 0.5) is 5.13 Å². The summed E-state index contributed by atoms with van der Waals surface area (Å²) in [4.78, 5) is 18.8. The van der Waals surface area contributed by atoms with Crippen LogP contribution in [0.1, 0.15) is 52.3 Å². The molecule has 5 nitrogen and oxygen atoms in total. The van der Waals surface area contributed by atoms with E-state index >= 15 is 0 Å². The molecular weight excluding hydrogens is 380 g/mol. The van der Waals surface area contributed by atoms with E-state index < -0.39 is 0 Å². The van der Waals surface area contributed by atoms with Gasteiger partial charge in [0.1, 0.15) is 10.7 Å². The zero-order chi connectivity index (χ0) is 18.8. The molecule has 1 aliphatic carbocycles. The maximum Gasteiger partial charge on any atom is 0.262 e. The SMILES string of the molecule is Cc1nn(-c2ccccc2)c(Cl)c1C(=O)Nc1nc2c(s1)CCCCCC2. The van der Waals surface area contributed by atoms with Crippen molar-refractivity contribution >= 4 is 34.0 Å². The van der Waals surface area contributed by atoms with Crippen LogP contribution in [0.3, 0.4) is 0 Å². The third-order valence-corrected chi connectivity index (χ3v) is 6.22. The Morgan fingerprint density at radius 1 is 1.15 bits per heavy atom. The normalized spacial score (nSPS) is 14.3. The number of para-hydroxylation sites is 1. The van der Waals surface area contributed by atoms with Crippen molar-refractivity contribution in [2.24, 2.45) is 0 Å². The highest BCUT2D eigenvalue weighted by molar-refractivity contribution is 7.15. The summed E-state index contributed by atoms with van der Waals surface area (Å²) in [5.74, 6) is -0.263. The fourth-order valence-corrected chi connectivity index (χ4v) is 4.82. The number of anilines is 1. The Labute approximate surface area is 167 Å². The molecule has 0 unspecified atom stereocenters. The van der Waals surface area contributed by atoms with Crippen LogP contribution in [0.25, 0.3) is 5.69 Å². The predicted molar refractivity (Wildman–Crippen MR) is 109 cm³/mol. The minimum Gasteiger partial charge on any atom is -0.298 e. The summed E-state index contributed by atoms with van der Waals surface area (Å²) in [5, 5.41) is 8.33. The topological polar surface area (TPSA) is 59.8 Å². The molecule has 1 aliphatic rings. The average molecular weight is 401 g/mol. The molecule has 7 heteroatoms. The number of hydrogen-bond acceptors (Lipinski definition) is 4. The van der Waals surface area contributed by atoms with Crippen molar-refractivity contribution in [3.63, 3.8) is 0 Å². The zero-order valence-electron chi connectivity index (χ0n) is 15.2. The van der Waals surface area contributed by atoms with E-state index in [-0.39, 0.29) is 5.91 Å². The van der Waals surface area contributed by atoms with E-state index in [0.717, 1.165) is 24.2 Å². The molecule has 0 fully saturated rings. The van der Waals surface area contributed by atoms with Crippen molar-refractivity contribution < 1.29 is 4.79 Å². The Bertz CT molecular complexity index is 939. The average Bonchev–Trinajstić information content (AvgIpc) is 3.15. The van der Waals surface area contributed by atoms with Gasteiger partial charge in [0.25, 0.3) is 5.91 Å². The number of aromatic nitrogens is 3. The van der Waals surface area contributed by atoms with Gasteiger partial charge in [-0.25, -0.2) is 9.67 Å². The smallest absolute Gasteiger partial charge is 0.262 e. The summed E-state index contributed by atoms with van der Waals surface area (Å²) in [6.45, 7) is 1.79. The highest BCUT2D eigenvalue weighted by atomic mass is 35.5. The lowest BCUT2D eigenvalue weighted by Crippen LogP contribution is -2.13. The standard InChI is InChI=1S/C20H21ClN4OS/c1-13-17(18(21)25(24-13)14-9-5-4-6-10-14)19(26)23-20-22-15-11-7-2-3-8-12-16(15)27-20/h4-6,9-10H,2-3,7-8,11-12H2,1H3,(H,22,23,26). The molecule has 0 saturated heterocycles. The van der Waals surface area contributed by atoms with Crippen LogP contribution in [-0.2, 0) is 12.8 Å². The Kier molecular flexibility index (Phi) is 5.27. The molecule has 0 saturated carbocycles. The summed E-state index contributed by atoms with van der Waals surface area (Å²) in [6.07, 6.45) is 6.93. The lowest BCUT2D eigenvalue weighted by molar-refractivity contribution is 0.102. The first-order valence-electron chi connectivity index (χ1n) is 9.24. The summed E-state index contributed by atoms with van der Waals surface area (Å²) in [7, 11) is 0. The Balaban J connectivity index is 1.59. The molecule has 0 radical (unpaired) electrons. The van der Waals surface area contributed by atoms with Crippen LogP contribution in [0.2, 0.25) is 5.15 Å². The van der Waals surface area contributed by atoms with Gasteiger partial charge in [-0.3, -0.25) is 10.1 Å². The fraction of sp³-hybridized carbons (Fsp3) is 0.350. The number of nitrogens with one attached hydrogen (secondary N) is 1. The number of halogens is 1. The molecule has 1 N–H and O–H groups in total. The molecule has 3 aromatic rings. The molecule has 0 atom stereocenters. The largest absolute Gasteiger partial charge is 0.298 e. The minimum absolute atomic E-state index is 0.263. The van der Waals surface area contributed by atoms with Crippen molar-refractivity contribution in [3.8, 4) is 5.69 Å². The Morgan fingerprint density at radius 3 is 2.67 bits per heavy atom. The van der Waals surface area contributed by atoms with Gasteiger partial charge in [-0.2, -0.15) is 5.10 Å². The second-order valence-corrected chi connectivity index (χ2v) is 8.20. The summed E-state index contributed by atoms with van der Waals surface area (Å²) in [5.41, 5.74) is 2.94. The Hall–Kier alpha value is -2.18. The van der Waals surface area contributed by atoms with Crippen LogP contribution in [-0.4, -0.2) is 20.7 Å². The van der Waals surface area contributed by atoms with Gasteiger partial charge < -0.3 is 0 Å². The highest BCUT2D eigenvalue weighted by Gasteiger charge is 2.23. The van der Waals surface area contributed by atoms with E-state index in [4.69, 9.17) is 11.6 Å². The lowest BCUT2D eigenvalue weighted by Gasteiger charge is -2.06. The van der Waals surface area contributed by atoms with Crippen LogP contribution in [0.5, 0.6) is 0 Å². The van der Waals surface area contributed by atoms with E-state index in [2.05, 4.69) is 15.4 Å². The number of fused-ring (bicyclic) bond motifs is 1. The van der Waals surface area contributed by atoms with Gasteiger partial charge >= 0.3 is 0 Å². The maximum atomic E-state index is 12.9. The molecule has 140 valence electrons. The number of hydrogen-bond donors (Lipinski definition) is 1. The third kappa shape index (κ3) is 3.77. The van der Waals surface area contributed by atoms with Crippen molar-refractivity contribution in [1.82, 2.24) is 14.8 Å². The van der Waals surface area contributed by atoms with Crippen LogP contribution >= 0.6 is 22.9 Å². The molecule has 4 rings (SSSR count). The molecule has 2 aromatic heterocycles. The van der Waals surface area contributed by atoms with Crippen molar-refractivity contribution in [3.05, 3.63) is 57.3 Å². The van der Waals surface area contributed by atoms with Crippen LogP contribution < -0.4 is 5.32 Å². The molecule has 27 heavy (non-hydrogen) atoms. The minimum atomic E-state index is -0.263. The van der Waals surface area contributed by atoms with Gasteiger partial charge in [0.15, 0.2) is 5.13 Å². The van der Waals surface area contributed by atoms with Gasteiger partial charge in [-0.1, -0.05) is 42.6 Å². The quantitative estimate of drug-likeness (QED) is 0.657. The van der Waals surface area contributed by atoms with Gasteiger partial charge in [0, 0.05) is 4.88 Å². The Morgan fingerprint density at radius 2 is 1.89 bits per heavy atom. The molecule has 0 spiro atoms. The van der Waals surface area contributed by atoms with Crippen molar-refractivity contribution in [2.75, 3.05) is 5.32 Å². The highest BCUT2D eigenvalue weighted by Crippen LogP contribution is 2.30. The second-order valence-electron chi connectivity index (χ2n) is 6.76. The number of aryl methyl sites for hydroxylation is 3. The first kappa shape index (κ1) is 18.2. The van der Waals surface area contributed by atoms with E-state index in [9.17, 15) is 4.79 Å². The number of benzene rings is 1. The molecule has 0 aliphatic heterocycles. The first-order valence-corrected chi connectivity index (χ1v) is 10.4. The maximum absolute atomic E-state index is 12.9. The van der Waals surface area contributed by atoms with E-state index in [1.807, 2.05) is 30.3 Å². The van der Waals surface area contributed by atoms with Gasteiger partial charge in [0.05, 0.1) is 17.1 Å². The number of carbonyl (C=O) groups is 1. The number of amides is 1. The summed E-state index contributed by atoms with van der Waals surface area (Å²) >= 11 is 8.07. The summed E-state index contributed by atoms with van der Waals surface area (Å²) in [6, 6.07) is 9.55. The van der Waals surface area contributed by atoms with Crippen molar-refractivity contribution in [1.29, 1.82) is 0 Å². The second kappa shape index (κ2) is 7.82. The molecule has 1 amide bonds. The zero-order valence-corrected chi connectivity index (χ0v) is 16.7. The number of carbonyl (C=O) groups excluding carboxylic acids is 1. The lowest BCUT2D eigenvalue weighted by atomic mass is 10.0. The third-order valence-electron chi connectivity index (χ3n) is 4.80. The summed E-state index contributed by atoms with van der Waals surface area (Å²) < 4.78 is 1.59. The monoisotopic (exact) mass is 400 g/mol. The predicted octanol–water partition coefficient (Wildman–Crippen LogP) is 5.20. The molecule has 2 heterocycles. The molecule has 0 bridgehead atoms. The van der Waals surface area contributed by atoms with Crippen molar-refractivity contribution in [2.45, 2.75) is 45.4 Å². The first-order chi connectivity index (χ1) is 13.1. The molecule has 1 aromatic carbocycles. The fourth-order valence-electron chi connectivity index (χ4n) is 3.42.